The van der Waals surface area contributed by atoms with Crippen LogP contribution in [0.15, 0.2) is 34.9 Å². The van der Waals surface area contributed by atoms with Gasteiger partial charge in [0.15, 0.2) is 0 Å². The van der Waals surface area contributed by atoms with Gasteiger partial charge in [-0.2, -0.15) is 0 Å². The van der Waals surface area contributed by atoms with Crippen molar-refractivity contribution in [3.63, 3.8) is 0 Å². The molecule has 3 N–H and O–H groups in total. The molecule has 3 nitrogen and oxygen atoms in total. The lowest BCUT2D eigenvalue weighted by atomic mass is 10.1. The van der Waals surface area contributed by atoms with Gasteiger partial charge < -0.3 is 10.2 Å². The number of para-hydroxylation sites is 1. The molecule has 0 aliphatic rings. The summed E-state index contributed by atoms with van der Waals surface area (Å²) in [5, 5.41) is 4.42. The van der Waals surface area contributed by atoms with Crippen LogP contribution in [-0.4, -0.2) is 13.1 Å². The van der Waals surface area contributed by atoms with Crippen LogP contribution in [-0.2, 0) is 0 Å². The van der Waals surface area contributed by atoms with Gasteiger partial charge in [-0.25, -0.2) is 0 Å². The minimum Gasteiger partial charge on any atom is -0.464 e. The van der Waals surface area contributed by atoms with Crippen molar-refractivity contribution in [2.24, 2.45) is 5.73 Å². The zero-order valence-electron chi connectivity index (χ0n) is 9.86. The highest BCUT2D eigenvalue weighted by Gasteiger charge is 2.14. The summed E-state index contributed by atoms with van der Waals surface area (Å²) in [4.78, 5) is 0. The molecule has 17 heavy (non-hydrogen) atoms. The highest BCUT2D eigenvalue weighted by Crippen LogP contribution is 2.25. The Hall–Kier alpha value is -1.76. The lowest BCUT2D eigenvalue weighted by Gasteiger charge is -2.13. The fourth-order valence-corrected chi connectivity index (χ4v) is 1.85. The van der Waals surface area contributed by atoms with Crippen LogP contribution in [0.2, 0.25) is 0 Å². The Morgan fingerprint density at radius 3 is 3.00 bits per heavy atom. The molecule has 0 saturated heterocycles. The van der Waals surface area contributed by atoms with E-state index >= 15 is 0 Å². The van der Waals surface area contributed by atoms with Gasteiger partial charge in [-0.1, -0.05) is 24.1 Å². The molecule has 0 amide bonds. The van der Waals surface area contributed by atoms with Gasteiger partial charge in [-0.3, -0.25) is 5.32 Å². The first kappa shape index (κ1) is 11.7. The Labute approximate surface area is 101 Å². The number of furan rings is 1. The molecule has 0 aliphatic carbocycles. The summed E-state index contributed by atoms with van der Waals surface area (Å²) >= 11 is 0. The molecule has 1 aromatic carbocycles. The van der Waals surface area contributed by atoms with Gasteiger partial charge in [-0.15, -0.1) is 5.92 Å². The molecule has 1 aromatic heterocycles. The van der Waals surface area contributed by atoms with Crippen LogP contribution in [0, 0.1) is 11.8 Å². The Bertz CT molecular complexity index is 548. The lowest BCUT2D eigenvalue weighted by molar-refractivity contribution is 0.558. The van der Waals surface area contributed by atoms with Crippen molar-refractivity contribution in [3.05, 3.63) is 36.1 Å². The van der Waals surface area contributed by atoms with Crippen LogP contribution in [0.5, 0.6) is 0 Å². The molecule has 1 atom stereocenters. The largest absolute Gasteiger partial charge is 0.464 e. The zero-order chi connectivity index (χ0) is 12.1. The summed E-state index contributed by atoms with van der Waals surface area (Å²) < 4.78 is 5.51. The first-order valence-electron chi connectivity index (χ1n) is 5.66. The highest BCUT2D eigenvalue weighted by molar-refractivity contribution is 5.81. The van der Waals surface area contributed by atoms with Gasteiger partial charge in [0.2, 0.25) is 0 Å². The van der Waals surface area contributed by atoms with Crippen LogP contribution in [0.1, 0.15) is 18.5 Å². The van der Waals surface area contributed by atoms with Crippen LogP contribution in [0.4, 0.5) is 0 Å². The van der Waals surface area contributed by atoms with E-state index in [9.17, 15) is 0 Å². The Kier molecular flexibility index (Phi) is 3.81. The zero-order valence-corrected chi connectivity index (χ0v) is 9.86. The molecule has 2 rings (SSSR count). The van der Waals surface area contributed by atoms with E-state index in [1.807, 2.05) is 31.2 Å². The molecular formula is C14H16N2O. The summed E-state index contributed by atoms with van der Waals surface area (Å²) in [5.41, 5.74) is 7.78. The van der Waals surface area contributed by atoms with Crippen LogP contribution in [0.25, 0.3) is 11.0 Å². The van der Waals surface area contributed by atoms with Gasteiger partial charge in [0.25, 0.3) is 0 Å². The minimum atomic E-state index is 0.0829. The summed E-state index contributed by atoms with van der Waals surface area (Å²) in [7, 11) is 0. The molecule has 1 unspecified atom stereocenters. The third kappa shape index (κ3) is 2.50. The maximum Gasteiger partial charge on any atom is 0.134 e. The predicted molar refractivity (Wildman–Crippen MR) is 69.5 cm³/mol. The quantitative estimate of drug-likeness (QED) is 0.787. The van der Waals surface area contributed by atoms with E-state index in [4.69, 9.17) is 10.2 Å². The maximum absolute atomic E-state index is 5.78. The Morgan fingerprint density at radius 1 is 1.41 bits per heavy atom. The van der Waals surface area contributed by atoms with E-state index in [0.717, 1.165) is 16.5 Å². The Morgan fingerprint density at radius 2 is 2.24 bits per heavy atom. The van der Waals surface area contributed by atoms with E-state index in [1.54, 1.807) is 6.26 Å². The number of fused-ring (bicyclic) bond motifs is 1. The molecule has 0 saturated carbocycles. The molecule has 0 aliphatic heterocycles. The number of hydrogen-bond donors (Lipinski definition) is 2. The first-order valence-corrected chi connectivity index (χ1v) is 5.66. The highest BCUT2D eigenvalue weighted by atomic mass is 16.3. The molecule has 0 spiro atoms. The summed E-state index contributed by atoms with van der Waals surface area (Å²) in [5.74, 6) is 5.83. The second-order valence-electron chi connectivity index (χ2n) is 3.78. The average Bonchev–Trinajstić information content (AvgIpc) is 2.79. The third-order valence-corrected chi connectivity index (χ3v) is 2.74. The monoisotopic (exact) mass is 228 g/mol. The second kappa shape index (κ2) is 5.53. The molecule has 0 radical (unpaired) electrons. The predicted octanol–water partition coefficient (Wildman–Crippen LogP) is 2.05. The third-order valence-electron chi connectivity index (χ3n) is 2.74. The number of benzene rings is 1. The van der Waals surface area contributed by atoms with Crippen molar-refractivity contribution < 1.29 is 4.42 Å². The Balaban J connectivity index is 2.25. The van der Waals surface area contributed by atoms with Gasteiger partial charge >= 0.3 is 0 Å². The SMILES string of the molecule is CC#CCNC(CN)c1coc2ccccc12. The van der Waals surface area contributed by atoms with Crippen LogP contribution >= 0.6 is 0 Å². The minimum absolute atomic E-state index is 0.0829. The van der Waals surface area contributed by atoms with Crippen molar-refractivity contribution in [3.8, 4) is 11.8 Å². The fourth-order valence-electron chi connectivity index (χ4n) is 1.85. The molecule has 2 aromatic rings. The van der Waals surface area contributed by atoms with Gasteiger partial charge in [-0.05, 0) is 13.0 Å². The number of hydrogen-bond acceptors (Lipinski definition) is 3. The van der Waals surface area contributed by atoms with Gasteiger partial charge in [0.1, 0.15) is 5.58 Å². The summed E-state index contributed by atoms with van der Waals surface area (Å²) in [6.45, 7) is 2.99. The van der Waals surface area contributed by atoms with E-state index in [0.29, 0.717) is 13.1 Å². The summed E-state index contributed by atoms with van der Waals surface area (Å²) in [6.07, 6.45) is 1.77. The molecule has 0 bridgehead atoms. The van der Waals surface area contributed by atoms with E-state index in [-0.39, 0.29) is 6.04 Å². The van der Waals surface area contributed by atoms with Crippen LogP contribution < -0.4 is 11.1 Å². The van der Waals surface area contributed by atoms with Crippen molar-refractivity contribution in [1.29, 1.82) is 0 Å². The maximum atomic E-state index is 5.78. The lowest BCUT2D eigenvalue weighted by Crippen LogP contribution is -2.28. The van der Waals surface area contributed by atoms with Gasteiger partial charge in [0, 0.05) is 23.5 Å². The molecule has 1 heterocycles. The molecule has 3 heteroatoms. The number of rotatable bonds is 4. The van der Waals surface area contributed by atoms with E-state index < -0.39 is 0 Å². The molecule has 88 valence electrons. The fraction of sp³-hybridized carbons (Fsp3) is 0.286. The van der Waals surface area contributed by atoms with Gasteiger partial charge in [0.05, 0.1) is 12.8 Å². The van der Waals surface area contributed by atoms with Crippen molar-refractivity contribution in [2.45, 2.75) is 13.0 Å². The topological polar surface area (TPSA) is 51.2 Å². The number of nitrogens with two attached hydrogens (primary N) is 1. The van der Waals surface area contributed by atoms with Crippen molar-refractivity contribution in [2.75, 3.05) is 13.1 Å². The smallest absolute Gasteiger partial charge is 0.134 e. The van der Waals surface area contributed by atoms with Crippen molar-refractivity contribution in [1.82, 2.24) is 5.32 Å². The first-order chi connectivity index (χ1) is 8.36. The van der Waals surface area contributed by atoms with E-state index in [1.165, 1.54) is 0 Å². The van der Waals surface area contributed by atoms with E-state index in [2.05, 4.69) is 17.2 Å². The van der Waals surface area contributed by atoms with Crippen LogP contribution in [0.3, 0.4) is 0 Å². The molecule has 0 fully saturated rings. The van der Waals surface area contributed by atoms with Crippen molar-refractivity contribution >= 4 is 11.0 Å². The number of nitrogens with one attached hydrogen (secondary N) is 1. The second-order valence-corrected chi connectivity index (χ2v) is 3.78. The normalized spacial score (nSPS) is 12.1. The molecular weight excluding hydrogens is 212 g/mol. The standard InChI is InChI=1S/C14H16N2O/c1-2-3-8-16-13(9-15)12-10-17-14-7-5-4-6-11(12)14/h4-7,10,13,16H,8-9,15H2,1H3. The summed E-state index contributed by atoms with van der Waals surface area (Å²) in [6, 6.07) is 8.05. The average molecular weight is 228 g/mol.